The second-order valence-corrected chi connectivity index (χ2v) is 4.62. The van der Waals surface area contributed by atoms with Crippen molar-refractivity contribution in [3.05, 3.63) is 0 Å². The molecule has 1 saturated heterocycles. The molecule has 0 bridgehead atoms. The normalized spacial score (nSPS) is 35.2. The summed E-state index contributed by atoms with van der Waals surface area (Å²) in [6.07, 6.45) is 1.08. The topological polar surface area (TPSA) is 21.3 Å². The number of nitrogens with one attached hydrogen (secondary N) is 1. The summed E-state index contributed by atoms with van der Waals surface area (Å²) in [5, 5.41) is 3.39. The molecule has 2 nitrogen and oxygen atoms in total. The molecule has 1 rings (SSSR count). The standard InChI is InChI=1S/C9H19NO/c1-7-6-8(2,3)11-9(4,5)10-7/h7,10H,6H2,1-5H3. The van der Waals surface area contributed by atoms with E-state index in [1.807, 2.05) is 0 Å². The maximum atomic E-state index is 5.82. The Balaban J connectivity index is 2.66. The summed E-state index contributed by atoms with van der Waals surface area (Å²) < 4.78 is 5.82. The fourth-order valence-corrected chi connectivity index (χ4v) is 2.14. The average Bonchev–Trinajstić information content (AvgIpc) is 1.49. The van der Waals surface area contributed by atoms with Crippen LogP contribution in [0, 0.1) is 0 Å². The van der Waals surface area contributed by atoms with Gasteiger partial charge in [-0.15, -0.1) is 0 Å². The maximum absolute atomic E-state index is 5.82. The second kappa shape index (κ2) is 2.46. The monoisotopic (exact) mass is 157 g/mol. The Morgan fingerprint density at radius 1 is 1.27 bits per heavy atom. The van der Waals surface area contributed by atoms with E-state index in [1.54, 1.807) is 0 Å². The summed E-state index contributed by atoms with van der Waals surface area (Å²) in [6.45, 7) is 10.6. The van der Waals surface area contributed by atoms with Gasteiger partial charge in [0.25, 0.3) is 0 Å². The largest absolute Gasteiger partial charge is 0.355 e. The minimum atomic E-state index is -0.166. The van der Waals surface area contributed by atoms with Crippen LogP contribution >= 0.6 is 0 Å². The summed E-state index contributed by atoms with van der Waals surface area (Å²) >= 11 is 0. The van der Waals surface area contributed by atoms with Gasteiger partial charge in [-0.2, -0.15) is 0 Å². The zero-order valence-corrected chi connectivity index (χ0v) is 8.19. The van der Waals surface area contributed by atoms with Gasteiger partial charge in [0.2, 0.25) is 0 Å². The number of hydrogen-bond donors (Lipinski definition) is 1. The fourth-order valence-electron chi connectivity index (χ4n) is 2.14. The van der Waals surface area contributed by atoms with Crippen molar-refractivity contribution in [1.82, 2.24) is 5.32 Å². The molecule has 0 amide bonds. The van der Waals surface area contributed by atoms with Crippen LogP contribution in [0.25, 0.3) is 0 Å². The summed E-state index contributed by atoms with van der Waals surface area (Å²) in [7, 11) is 0. The smallest absolute Gasteiger partial charge is 0.114 e. The van der Waals surface area contributed by atoms with Crippen LogP contribution in [0.1, 0.15) is 41.0 Å². The van der Waals surface area contributed by atoms with Crippen molar-refractivity contribution < 1.29 is 4.74 Å². The van der Waals surface area contributed by atoms with Crippen molar-refractivity contribution in [2.45, 2.75) is 58.4 Å². The number of ether oxygens (including phenoxy) is 1. The zero-order valence-electron chi connectivity index (χ0n) is 8.19. The van der Waals surface area contributed by atoms with Gasteiger partial charge in [0, 0.05) is 6.04 Å². The van der Waals surface area contributed by atoms with Gasteiger partial charge in [0.05, 0.1) is 5.60 Å². The van der Waals surface area contributed by atoms with E-state index in [2.05, 4.69) is 39.9 Å². The molecule has 1 aliphatic rings. The fraction of sp³-hybridized carbons (Fsp3) is 1.00. The Kier molecular flexibility index (Phi) is 2.01. The van der Waals surface area contributed by atoms with Gasteiger partial charge >= 0.3 is 0 Å². The first-order chi connectivity index (χ1) is 4.81. The van der Waals surface area contributed by atoms with E-state index >= 15 is 0 Å². The van der Waals surface area contributed by atoms with Gasteiger partial charge in [-0.25, -0.2) is 0 Å². The van der Waals surface area contributed by atoms with Gasteiger partial charge < -0.3 is 4.74 Å². The van der Waals surface area contributed by atoms with Crippen molar-refractivity contribution in [3.63, 3.8) is 0 Å². The first-order valence-electron chi connectivity index (χ1n) is 4.29. The van der Waals surface area contributed by atoms with Crippen molar-refractivity contribution in [3.8, 4) is 0 Å². The lowest BCUT2D eigenvalue weighted by Gasteiger charge is -2.45. The SMILES string of the molecule is CC1CC(C)(C)OC(C)(C)N1. The molecule has 1 heterocycles. The van der Waals surface area contributed by atoms with Gasteiger partial charge in [-0.05, 0) is 41.0 Å². The van der Waals surface area contributed by atoms with Gasteiger partial charge in [-0.1, -0.05) is 0 Å². The first kappa shape index (κ1) is 9.01. The third kappa shape index (κ3) is 2.46. The van der Waals surface area contributed by atoms with Crippen LogP contribution in [0.4, 0.5) is 0 Å². The van der Waals surface area contributed by atoms with Gasteiger partial charge in [0.1, 0.15) is 5.72 Å². The molecular formula is C9H19NO. The van der Waals surface area contributed by atoms with Crippen LogP contribution in [-0.2, 0) is 4.74 Å². The van der Waals surface area contributed by atoms with Crippen LogP contribution in [-0.4, -0.2) is 17.4 Å². The minimum Gasteiger partial charge on any atom is -0.355 e. The van der Waals surface area contributed by atoms with E-state index in [0.717, 1.165) is 6.42 Å². The van der Waals surface area contributed by atoms with Crippen molar-refractivity contribution >= 4 is 0 Å². The minimum absolute atomic E-state index is 0.0220. The molecule has 0 aromatic heterocycles. The summed E-state index contributed by atoms with van der Waals surface area (Å²) in [4.78, 5) is 0. The Bertz CT molecular complexity index is 136. The maximum Gasteiger partial charge on any atom is 0.114 e. The van der Waals surface area contributed by atoms with E-state index < -0.39 is 0 Å². The molecule has 0 saturated carbocycles. The Morgan fingerprint density at radius 3 is 2.18 bits per heavy atom. The van der Waals surface area contributed by atoms with E-state index in [0.29, 0.717) is 6.04 Å². The summed E-state index contributed by atoms with van der Waals surface area (Å²) in [5.74, 6) is 0. The molecule has 0 spiro atoms. The summed E-state index contributed by atoms with van der Waals surface area (Å²) in [5.41, 5.74) is -0.144. The lowest BCUT2D eigenvalue weighted by molar-refractivity contribution is -0.178. The summed E-state index contributed by atoms with van der Waals surface area (Å²) in [6, 6.07) is 0.550. The number of rotatable bonds is 0. The van der Waals surface area contributed by atoms with Crippen LogP contribution in [0.3, 0.4) is 0 Å². The molecule has 1 N–H and O–H groups in total. The van der Waals surface area contributed by atoms with Crippen molar-refractivity contribution in [1.29, 1.82) is 0 Å². The molecular weight excluding hydrogens is 138 g/mol. The molecule has 0 radical (unpaired) electrons. The Morgan fingerprint density at radius 2 is 1.82 bits per heavy atom. The van der Waals surface area contributed by atoms with Crippen molar-refractivity contribution in [2.75, 3.05) is 0 Å². The average molecular weight is 157 g/mol. The van der Waals surface area contributed by atoms with E-state index in [9.17, 15) is 0 Å². The highest BCUT2D eigenvalue weighted by atomic mass is 16.5. The first-order valence-corrected chi connectivity index (χ1v) is 4.29. The quantitative estimate of drug-likeness (QED) is 0.580. The van der Waals surface area contributed by atoms with E-state index in [4.69, 9.17) is 4.74 Å². The molecule has 1 unspecified atom stereocenters. The molecule has 1 aliphatic heterocycles. The van der Waals surface area contributed by atoms with Gasteiger partial charge in [-0.3, -0.25) is 5.32 Å². The predicted molar refractivity (Wildman–Crippen MR) is 46.5 cm³/mol. The Labute approximate surface area is 69.3 Å². The van der Waals surface area contributed by atoms with Crippen molar-refractivity contribution in [2.24, 2.45) is 0 Å². The molecule has 0 aliphatic carbocycles. The molecule has 1 atom stereocenters. The lowest BCUT2D eigenvalue weighted by atomic mass is 9.95. The molecule has 11 heavy (non-hydrogen) atoms. The van der Waals surface area contributed by atoms with Gasteiger partial charge in [0.15, 0.2) is 0 Å². The Hall–Kier alpha value is -0.0800. The lowest BCUT2D eigenvalue weighted by Crippen LogP contribution is -2.58. The van der Waals surface area contributed by atoms with Crippen LogP contribution < -0.4 is 5.32 Å². The third-order valence-electron chi connectivity index (χ3n) is 1.92. The van der Waals surface area contributed by atoms with Crippen LogP contribution in [0.5, 0.6) is 0 Å². The molecule has 0 aromatic rings. The number of hydrogen-bond acceptors (Lipinski definition) is 2. The second-order valence-electron chi connectivity index (χ2n) is 4.62. The third-order valence-corrected chi connectivity index (χ3v) is 1.92. The zero-order chi connectivity index (χ0) is 8.70. The van der Waals surface area contributed by atoms with E-state index in [-0.39, 0.29) is 11.3 Å². The van der Waals surface area contributed by atoms with Crippen LogP contribution in [0.15, 0.2) is 0 Å². The molecule has 1 fully saturated rings. The molecule has 0 aromatic carbocycles. The molecule has 66 valence electrons. The highest BCUT2D eigenvalue weighted by Gasteiger charge is 2.36. The highest BCUT2D eigenvalue weighted by molar-refractivity contribution is 4.87. The van der Waals surface area contributed by atoms with Crippen LogP contribution in [0.2, 0.25) is 0 Å². The molecule has 2 heteroatoms. The highest BCUT2D eigenvalue weighted by Crippen LogP contribution is 2.28. The predicted octanol–water partition coefficient (Wildman–Crippen LogP) is 1.90. The van der Waals surface area contributed by atoms with E-state index in [1.165, 1.54) is 0 Å².